The van der Waals surface area contributed by atoms with Crippen LogP contribution in [0.25, 0.3) is 0 Å². The van der Waals surface area contributed by atoms with Gasteiger partial charge in [-0.2, -0.15) is 0 Å². The molecular weight excluding hydrogens is 372 g/mol. The average Bonchev–Trinajstić information content (AvgIpc) is 3.25. The summed E-state index contributed by atoms with van der Waals surface area (Å²) in [5.41, 5.74) is 1.03. The van der Waals surface area contributed by atoms with Crippen LogP contribution in [0.1, 0.15) is 24.7 Å². The fraction of sp³-hybridized carbons (Fsp3) is 0.429. The first-order chi connectivity index (χ1) is 14.2. The van der Waals surface area contributed by atoms with Crippen molar-refractivity contribution in [1.29, 1.82) is 0 Å². The number of rotatable bonds is 12. The number of furan rings is 1. The molecule has 0 saturated heterocycles. The molecule has 8 heteroatoms. The van der Waals surface area contributed by atoms with E-state index in [1.807, 2.05) is 43.3 Å². The lowest BCUT2D eigenvalue weighted by Gasteiger charge is -2.13. The number of hydrogen-bond acceptors (Lipinski definition) is 5. The molecule has 0 spiro atoms. The molecule has 2 rings (SSSR count). The second-order valence-corrected chi connectivity index (χ2v) is 6.23. The van der Waals surface area contributed by atoms with Crippen LogP contribution in [0, 0.1) is 0 Å². The molecule has 0 fully saturated rings. The predicted molar refractivity (Wildman–Crippen MR) is 112 cm³/mol. The highest BCUT2D eigenvalue weighted by Gasteiger charge is 2.03. The summed E-state index contributed by atoms with van der Waals surface area (Å²) in [5.74, 6) is 2.07. The fourth-order valence-corrected chi connectivity index (χ4v) is 2.50. The predicted octanol–water partition coefficient (Wildman–Crippen LogP) is 2.07. The van der Waals surface area contributed by atoms with Crippen LogP contribution < -0.4 is 20.7 Å². The summed E-state index contributed by atoms with van der Waals surface area (Å²) in [7, 11) is 1.73. The molecule has 0 bridgehead atoms. The van der Waals surface area contributed by atoms with E-state index in [9.17, 15) is 4.79 Å². The van der Waals surface area contributed by atoms with Crippen molar-refractivity contribution in [2.75, 3.05) is 33.4 Å². The molecule has 158 valence electrons. The third-order valence-corrected chi connectivity index (χ3v) is 3.91. The zero-order chi connectivity index (χ0) is 20.7. The molecule has 3 N–H and O–H groups in total. The second-order valence-electron chi connectivity index (χ2n) is 6.23. The van der Waals surface area contributed by atoms with Crippen molar-refractivity contribution in [3.05, 3.63) is 54.0 Å². The molecule has 0 atom stereocenters. The maximum absolute atomic E-state index is 11.5. The van der Waals surface area contributed by atoms with Gasteiger partial charge in [-0.05, 0) is 43.2 Å². The third kappa shape index (κ3) is 9.16. The van der Waals surface area contributed by atoms with Gasteiger partial charge in [0.15, 0.2) is 12.6 Å². The summed E-state index contributed by atoms with van der Waals surface area (Å²) >= 11 is 0. The van der Waals surface area contributed by atoms with Crippen molar-refractivity contribution in [3.8, 4) is 5.75 Å². The lowest BCUT2D eigenvalue weighted by molar-refractivity contribution is -0.122. The highest BCUT2D eigenvalue weighted by Crippen LogP contribution is 2.13. The second kappa shape index (κ2) is 13.2. The average molecular weight is 402 g/mol. The molecule has 0 aliphatic heterocycles. The van der Waals surface area contributed by atoms with Gasteiger partial charge in [-0.1, -0.05) is 12.1 Å². The highest BCUT2D eigenvalue weighted by atomic mass is 16.5. The molecule has 0 aliphatic rings. The summed E-state index contributed by atoms with van der Waals surface area (Å²) in [5, 5.41) is 9.22. The number of amides is 1. The van der Waals surface area contributed by atoms with Gasteiger partial charge >= 0.3 is 0 Å². The van der Waals surface area contributed by atoms with Crippen molar-refractivity contribution >= 4 is 11.9 Å². The Balaban J connectivity index is 1.63. The zero-order valence-corrected chi connectivity index (χ0v) is 17.1. The molecule has 0 aliphatic carbocycles. The molecular formula is C21H30N4O4. The van der Waals surface area contributed by atoms with E-state index < -0.39 is 0 Å². The Morgan fingerprint density at radius 3 is 2.83 bits per heavy atom. The number of carbonyl (C=O) groups is 1. The number of carbonyl (C=O) groups excluding carboxylic acids is 1. The normalized spacial score (nSPS) is 11.2. The summed E-state index contributed by atoms with van der Waals surface area (Å²) in [6.07, 6.45) is 2.49. The number of benzene rings is 1. The first-order valence-electron chi connectivity index (χ1n) is 9.74. The standard InChI is InChI=1S/C21H30N4O4/c1-3-23-20(26)16-29-18-8-4-7-17(13-18)14-25-21(22-2)24-10-6-11-27-15-19-9-5-12-28-19/h4-5,7-9,12-13H,3,6,10-11,14-16H2,1-2H3,(H,23,26)(H2,22,24,25). The fourth-order valence-electron chi connectivity index (χ4n) is 2.50. The van der Waals surface area contributed by atoms with Crippen molar-refractivity contribution < 1.29 is 18.7 Å². The van der Waals surface area contributed by atoms with Crippen molar-refractivity contribution in [2.45, 2.75) is 26.5 Å². The number of aliphatic imine (C=N–C) groups is 1. The summed E-state index contributed by atoms with van der Waals surface area (Å²) in [6, 6.07) is 11.4. The Morgan fingerprint density at radius 2 is 2.07 bits per heavy atom. The summed E-state index contributed by atoms with van der Waals surface area (Å²) in [6.45, 7) is 4.93. The zero-order valence-electron chi connectivity index (χ0n) is 17.1. The van der Waals surface area contributed by atoms with Gasteiger partial charge in [0.1, 0.15) is 18.1 Å². The van der Waals surface area contributed by atoms with Gasteiger partial charge in [0.25, 0.3) is 5.91 Å². The van der Waals surface area contributed by atoms with Crippen LogP contribution in [-0.4, -0.2) is 45.2 Å². The highest BCUT2D eigenvalue weighted by molar-refractivity contribution is 5.79. The molecule has 2 aromatic rings. The minimum absolute atomic E-state index is 0.00986. The van der Waals surface area contributed by atoms with Gasteiger partial charge in [-0.25, -0.2) is 0 Å². The van der Waals surface area contributed by atoms with E-state index in [0.29, 0.717) is 38.0 Å². The Kier molecular flexibility index (Phi) is 10.2. The van der Waals surface area contributed by atoms with Crippen LogP contribution in [0.4, 0.5) is 0 Å². The minimum Gasteiger partial charge on any atom is -0.484 e. The number of likely N-dealkylation sites (N-methyl/N-ethyl adjacent to an activating group) is 1. The van der Waals surface area contributed by atoms with E-state index in [1.54, 1.807) is 13.3 Å². The molecule has 1 aromatic heterocycles. The number of nitrogens with zero attached hydrogens (tertiary/aromatic N) is 1. The maximum Gasteiger partial charge on any atom is 0.257 e. The van der Waals surface area contributed by atoms with Gasteiger partial charge in [0, 0.05) is 33.3 Å². The van der Waals surface area contributed by atoms with Crippen LogP contribution in [0.15, 0.2) is 52.1 Å². The van der Waals surface area contributed by atoms with Gasteiger partial charge in [-0.15, -0.1) is 0 Å². The summed E-state index contributed by atoms with van der Waals surface area (Å²) < 4.78 is 16.3. The number of nitrogens with one attached hydrogen (secondary N) is 3. The SMILES string of the molecule is CCNC(=O)COc1cccc(CNC(=NC)NCCCOCc2ccco2)c1. The molecule has 29 heavy (non-hydrogen) atoms. The maximum atomic E-state index is 11.5. The van der Waals surface area contributed by atoms with E-state index in [4.69, 9.17) is 13.9 Å². The molecule has 0 radical (unpaired) electrons. The van der Waals surface area contributed by atoms with Crippen molar-refractivity contribution in [1.82, 2.24) is 16.0 Å². The monoisotopic (exact) mass is 402 g/mol. The van der Waals surface area contributed by atoms with E-state index >= 15 is 0 Å². The molecule has 0 saturated carbocycles. The van der Waals surface area contributed by atoms with Crippen LogP contribution in [0.3, 0.4) is 0 Å². The lowest BCUT2D eigenvalue weighted by Crippen LogP contribution is -2.37. The molecule has 8 nitrogen and oxygen atoms in total. The topological polar surface area (TPSA) is 97.1 Å². The van der Waals surface area contributed by atoms with Crippen molar-refractivity contribution in [3.63, 3.8) is 0 Å². The van der Waals surface area contributed by atoms with E-state index in [2.05, 4.69) is 20.9 Å². The van der Waals surface area contributed by atoms with Gasteiger partial charge < -0.3 is 29.8 Å². The first-order valence-corrected chi connectivity index (χ1v) is 9.74. The summed E-state index contributed by atoms with van der Waals surface area (Å²) in [4.78, 5) is 15.7. The Morgan fingerprint density at radius 1 is 1.17 bits per heavy atom. The molecule has 1 amide bonds. The first kappa shape index (κ1) is 22.3. The van der Waals surface area contributed by atoms with E-state index in [1.165, 1.54) is 0 Å². The van der Waals surface area contributed by atoms with Gasteiger partial charge in [-0.3, -0.25) is 9.79 Å². The van der Waals surface area contributed by atoms with Crippen LogP contribution >= 0.6 is 0 Å². The van der Waals surface area contributed by atoms with Crippen LogP contribution in [-0.2, 0) is 22.7 Å². The van der Waals surface area contributed by atoms with E-state index in [-0.39, 0.29) is 12.5 Å². The largest absolute Gasteiger partial charge is 0.484 e. The number of guanidine groups is 1. The Bertz CT molecular complexity index is 747. The Labute approximate surface area is 171 Å². The molecule has 1 heterocycles. The van der Waals surface area contributed by atoms with Crippen LogP contribution in [0.2, 0.25) is 0 Å². The number of hydrogen-bond donors (Lipinski definition) is 3. The lowest BCUT2D eigenvalue weighted by atomic mass is 10.2. The van der Waals surface area contributed by atoms with Crippen molar-refractivity contribution in [2.24, 2.45) is 4.99 Å². The molecule has 1 aromatic carbocycles. The minimum atomic E-state index is -0.131. The number of ether oxygens (including phenoxy) is 2. The smallest absolute Gasteiger partial charge is 0.257 e. The quantitative estimate of drug-likeness (QED) is 0.286. The third-order valence-electron chi connectivity index (χ3n) is 3.91. The molecule has 0 unspecified atom stereocenters. The van der Waals surface area contributed by atoms with Gasteiger partial charge in [0.2, 0.25) is 0 Å². The van der Waals surface area contributed by atoms with Crippen LogP contribution in [0.5, 0.6) is 5.75 Å². The van der Waals surface area contributed by atoms with E-state index in [0.717, 1.165) is 24.3 Å². The Hall–Kier alpha value is -3.00. The van der Waals surface area contributed by atoms with Gasteiger partial charge in [0.05, 0.1) is 6.26 Å².